The summed E-state index contributed by atoms with van der Waals surface area (Å²) >= 11 is 5.83. The fourth-order valence-electron chi connectivity index (χ4n) is 2.48. The van der Waals surface area contributed by atoms with Crippen LogP contribution in [-0.4, -0.2) is 47.8 Å². The van der Waals surface area contributed by atoms with Crippen LogP contribution >= 0.6 is 11.6 Å². The van der Waals surface area contributed by atoms with Gasteiger partial charge in [-0.2, -0.15) is 5.26 Å². The molecule has 0 bridgehead atoms. The van der Waals surface area contributed by atoms with E-state index in [9.17, 15) is 9.59 Å². The highest BCUT2D eigenvalue weighted by Crippen LogP contribution is 2.12. The summed E-state index contributed by atoms with van der Waals surface area (Å²) in [6.45, 7) is 2.25. The maximum atomic E-state index is 12.3. The Morgan fingerprint density at radius 1 is 1.05 bits per heavy atom. The molecule has 0 aromatic heterocycles. The van der Waals surface area contributed by atoms with E-state index < -0.39 is 0 Å². The number of carbonyl (C=O) groups is 2. The van der Waals surface area contributed by atoms with E-state index in [1.165, 1.54) is 0 Å². The van der Waals surface area contributed by atoms with Gasteiger partial charge in [-0.05, 0) is 24.1 Å². The highest BCUT2D eigenvalue weighted by molar-refractivity contribution is 6.30. The molecule has 1 aromatic rings. The largest absolute Gasteiger partial charge is 0.341 e. The smallest absolute Gasteiger partial charge is 0.236 e. The Morgan fingerprint density at radius 2 is 1.64 bits per heavy atom. The molecule has 1 aliphatic heterocycles. The maximum absolute atomic E-state index is 12.3. The molecule has 0 spiro atoms. The number of halogens is 1. The zero-order chi connectivity index (χ0) is 15.9. The van der Waals surface area contributed by atoms with Crippen LogP contribution in [0, 0.1) is 11.3 Å². The van der Waals surface area contributed by atoms with Crippen LogP contribution in [0.5, 0.6) is 0 Å². The van der Waals surface area contributed by atoms with E-state index in [-0.39, 0.29) is 18.2 Å². The number of nitrogens with zero attached hydrogens (tertiary/aromatic N) is 3. The Kier molecular flexibility index (Phi) is 5.79. The minimum atomic E-state index is -0.158. The number of hydrogen-bond donors (Lipinski definition) is 0. The quantitative estimate of drug-likeness (QED) is 0.854. The van der Waals surface area contributed by atoms with Crippen LogP contribution in [0.2, 0.25) is 5.02 Å². The van der Waals surface area contributed by atoms with Crippen molar-refractivity contribution in [2.75, 3.05) is 26.2 Å². The van der Waals surface area contributed by atoms with Gasteiger partial charge in [0.15, 0.2) is 0 Å². The Hall–Kier alpha value is -2.06. The average molecular weight is 320 g/mol. The highest BCUT2D eigenvalue weighted by atomic mass is 35.5. The van der Waals surface area contributed by atoms with Gasteiger partial charge in [-0.25, -0.2) is 0 Å². The molecule has 1 saturated heterocycles. The first kappa shape index (κ1) is 16.3. The van der Waals surface area contributed by atoms with Crippen molar-refractivity contribution in [3.8, 4) is 6.07 Å². The number of rotatable bonds is 3. The highest BCUT2D eigenvalue weighted by Gasteiger charge is 2.21. The predicted octanol–water partition coefficient (Wildman–Crippen LogP) is 1.86. The summed E-state index contributed by atoms with van der Waals surface area (Å²) in [4.78, 5) is 27.5. The number of nitriles is 1. The van der Waals surface area contributed by atoms with Crippen LogP contribution < -0.4 is 0 Å². The number of benzene rings is 1. The van der Waals surface area contributed by atoms with Crippen molar-refractivity contribution >= 4 is 23.4 Å². The minimum absolute atomic E-state index is 0.0527. The van der Waals surface area contributed by atoms with Gasteiger partial charge in [0.1, 0.15) is 6.42 Å². The van der Waals surface area contributed by atoms with Crippen LogP contribution in [0.4, 0.5) is 0 Å². The number of hydrogen-bond acceptors (Lipinski definition) is 3. The second-order valence-electron chi connectivity index (χ2n) is 5.25. The first-order valence-electron chi connectivity index (χ1n) is 7.27. The number of amides is 2. The summed E-state index contributed by atoms with van der Waals surface area (Å²) in [7, 11) is 0. The van der Waals surface area contributed by atoms with E-state index in [1.54, 1.807) is 21.9 Å². The summed E-state index contributed by atoms with van der Waals surface area (Å²) < 4.78 is 0. The molecule has 22 heavy (non-hydrogen) atoms. The Labute approximate surface area is 135 Å². The molecule has 0 atom stereocenters. The van der Waals surface area contributed by atoms with Crippen LogP contribution in [0.15, 0.2) is 24.3 Å². The maximum Gasteiger partial charge on any atom is 0.236 e. The topological polar surface area (TPSA) is 64.4 Å². The van der Waals surface area contributed by atoms with E-state index in [2.05, 4.69) is 0 Å². The lowest BCUT2D eigenvalue weighted by atomic mass is 10.1. The van der Waals surface area contributed by atoms with Gasteiger partial charge in [-0.1, -0.05) is 23.7 Å². The molecule has 0 N–H and O–H groups in total. The molecule has 0 radical (unpaired) electrons. The van der Waals surface area contributed by atoms with Crippen LogP contribution in [0.25, 0.3) is 0 Å². The van der Waals surface area contributed by atoms with Gasteiger partial charge >= 0.3 is 0 Å². The third kappa shape index (κ3) is 4.47. The first-order chi connectivity index (χ1) is 10.6. The summed E-state index contributed by atoms with van der Waals surface area (Å²) in [6, 6.07) is 9.12. The molecule has 1 fully saturated rings. The normalized spacial score (nSPS) is 15.1. The fourth-order valence-corrected chi connectivity index (χ4v) is 2.61. The van der Waals surface area contributed by atoms with Crippen molar-refractivity contribution in [2.24, 2.45) is 0 Å². The molecule has 0 saturated carbocycles. The molecular formula is C16H18ClN3O2. The molecule has 0 aliphatic carbocycles. The lowest BCUT2D eigenvalue weighted by molar-refractivity contribution is -0.132. The van der Waals surface area contributed by atoms with E-state index in [4.69, 9.17) is 16.9 Å². The Balaban J connectivity index is 1.90. The van der Waals surface area contributed by atoms with Gasteiger partial charge in [0, 0.05) is 31.2 Å². The fraction of sp³-hybridized carbons (Fsp3) is 0.438. The standard InChI is InChI=1S/C16H18ClN3O2/c17-14-4-2-13(3-5-14)12-16(22)20-9-1-8-19(10-11-20)15(21)6-7-18/h2-5H,1,6,8-12H2. The summed E-state index contributed by atoms with van der Waals surface area (Å²) in [6.07, 6.45) is 0.978. The average Bonchev–Trinajstić information content (AvgIpc) is 2.76. The molecule has 1 aromatic carbocycles. The zero-order valence-corrected chi connectivity index (χ0v) is 13.1. The molecule has 2 rings (SSSR count). The van der Waals surface area contributed by atoms with Gasteiger partial charge in [-0.3, -0.25) is 9.59 Å². The van der Waals surface area contributed by atoms with Crippen molar-refractivity contribution in [2.45, 2.75) is 19.3 Å². The number of carbonyl (C=O) groups excluding carboxylic acids is 2. The van der Waals surface area contributed by atoms with E-state index in [1.807, 2.05) is 18.2 Å². The lowest BCUT2D eigenvalue weighted by Crippen LogP contribution is -2.37. The zero-order valence-electron chi connectivity index (χ0n) is 12.3. The van der Waals surface area contributed by atoms with Crippen molar-refractivity contribution in [3.63, 3.8) is 0 Å². The van der Waals surface area contributed by atoms with Gasteiger partial charge in [0.2, 0.25) is 11.8 Å². The Bertz CT molecular complexity index is 580. The summed E-state index contributed by atoms with van der Waals surface area (Å²) in [5, 5.41) is 9.24. The van der Waals surface area contributed by atoms with Crippen LogP contribution in [0.1, 0.15) is 18.4 Å². The van der Waals surface area contributed by atoms with E-state index in [0.717, 1.165) is 12.0 Å². The van der Waals surface area contributed by atoms with Crippen molar-refractivity contribution in [1.82, 2.24) is 9.80 Å². The van der Waals surface area contributed by atoms with E-state index in [0.29, 0.717) is 37.6 Å². The third-order valence-corrected chi connectivity index (χ3v) is 3.95. The second kappa shape index (κ2) is 7.81. The molecular weight excluding hydrogens is 302 g/mol. The van der Waals surface area contributed by atoms with Crippen LogP contribution in [-0.2, 0) is 16.0 Å². The molecule has 116 valence electrons. The van der Waals surface area contributed by atoms with Crippen molar-refractivity contribution in [3.05, 3.63) is 34.9 Å². The molecule has 0 unspecified atom stereocenters. The lowest BCUT2D eigenvalue weighted by Gasteiger charge is -2.21. The molecule has 5 nitrogen and oxygen atoms in total. The van der Waals surface area contributed by atoms with Gasteiger partial charge in [0.25, 0.3) is 0 Å². The summed E-state index contributed by atoms with van der Waals surface area (Å²) in [5.74, 6) is -0.105. The van der Waals surface area contributed by atoms with Gasteiger partial charge in [0.05, 0.1) is 12.5 Å². The molecule has 1 aliphatic rings. The van der Waals surface area contributed by atoms with E-state index >= 15 is 0 Å². The monoisotopic (exact) mass is 319 g/mol. The molecule has 2 amide bonds. The van der Waals surface area contributed by atoms with Crippen LogP contribution in [0.3, 0.4) is 0 Å². The third-order valence-electron chi connectivity index (χ3n) is 3.70. The minimum Gasteiger partial charge on any atom is -0.341 e. The van der Waals surface area contributed by atoms with Gasteiger partial charge < -0.3 is 9.80 Å². The van der Waals surface area contributed by atoms with Crippen molar-refractivity contribution < 1.29 is 9.59 Å². The first-order valence-corrected chi connectivity index (χ1v) is 7.65. The SMILES string of the molecule is N#CCC(=O)N1CCCN(C(=O)Cc2ccc(Cl)cc2)CC1. The van der Waals surface area contributed by atoms with Gasteiger partial charge in [-0.15, -0.1) is 0 Å². The van der Waals surface area contributed by atoms with Crippen molar-refractivity contribution in [1.29, 1.82) is 5.26 Å². The second-order valence-corrected chi connectivity index (χ2v) is 5.69. The molecule has 1 heterocycles. The predicted molar refractivity (Wildman–Crippen MR) is 83.2 cm³/mol. The Morgan fingerprint density at radius 3 is 2.23 bits per heavy atom. The summed E-state index contributed by atoms with van der Waals surface area (Å²) in [5.41, 5.74) is 0.927. The molecule has 6 heteroatoms.